The van der Waals surface area contributed by atoms with E-state index in [0.29, 0.717) is 11.5 Å². The summed E-state index contributed by atoms with van der Waals surface area (Å²) in [6, 6.07) is 61.3. The molecule has 4 heterocycles. The summed E-state index contributed by atoms with van der Waals surface area (Å²) in [7, 11) is 0. The van der Waals surface area contributed by atoms with Crippen LogP contribution in [0.25, 0.3) is 116 Å². The standard InChI is InChI=1S/C50H29N3O2/c1-3-15-30(16-4-1)32-27-33(31-17-5-2-6-18-31)29-34(28-32)45-49-46(39-23-11-14-26-42(39)55-49)52-50(51-45)53-40-24-12-9-21-37(40)43-35-19-7-8-20-36(35)44-38-22-10-13-25-41(38)54-48(44)47(43)53/h1-29H. The van der Waals surface area contributed by atoms with Crippen LogP contribution in [0.4, 0.5) is 0 Å². The Hall–Kier alpha value is -7.50. The lowest BCUT2D eigenvalue weighted by Gasteiger charge is -2.13. The molecule has 12 rings (SSSR count). The molecule has 0 saturated carbocycles. The molecule has 0 fully saturated rings. The van der Waals surface area contributed by atoms with Crippen LogP contribution in [0.15, 0.2) is 185 Å². The quantitative estimate of drug-likeness (QED) is 0.183. The van der Waals surface area contributed by atoms with Gasteiger partial charge in [-0.1, -0.05) is 133 Å². The average molecular weight is 704 g/mol. The van der Waals surface area contributed by atoms with Gasteiger partial charge in [0, 0.05) is 32.5 Å². The highest BCUT2D eigenvalue weighted by atomic mass is 16.3. The molecule has 4 aromatic heterocycles. The van der Waals surface area contributed by atoms with Gasteiger partial charge in [-0.25, -0.2) is 9.97 Å². The largest absolute Gasteiger partial charge is 0.454 e. The Labute approximate surface area is 314 Å². The molecular formula is C50H29N3O2. The first-order chi connectivity index (χ1) is 27.3. The molecule has 5 nitrogen and oxygen atoms in total. The molecule has 0 bridgehead atoms. The van der Waals surface area contributed by atoms with Gasteiger partial charge in [0.2, 0.25) is 5.95 Å². The molecule has 0 unspecified atom stereocenters. The van der Waals surface area contributed by atoms with Crippen LogP contribution in [0.1, 0.15) is 0 Å². The number of hydrogen-bond donors (Lipinski definition) is 0. The summed E-state index contributed by atoms with van der Waals surface area (Å²) in [6.07, 6.45) is 0. The lowest BCUT2D eigenvalue weighted by molar-refractivity contribution is 0.666. The summed E-state index contributed by atoms with van der Waals surface area (Å²) in [4.78, 5) is 10.9. The zero-order chi connectivity index (χ0) is 36.0. The summed E-state index contributed by atoms with van der Waals surface area (Å²) >= 11 is 0. The van der Waals surface area contributed by atoms with Crippen molar-refractivity contribution in [3.8, 4) is 39.5 Å². The van der Waals surface area contributed by atoms with Crippen molar-refractivity contribution >= 4 is 76.6 Å². The molecular weight excluding hydrogens is 675 g/mol. The number of rotatable bonds is 4. The number of hydrogen-bond acceptors (Lipinski definition) is 4. The van der Waals surface area contributed by atoms with Gasteiger partial charge < -0.3 is 8.83 Å². The fraction of sp³-hybridized carbons (Fsp3) is 0. The lowest BCUT2D eigenvalue weighted by atomic mass is 9.95. The second kappa shape index (κ2) is 11.5. The van der Waals surface area contributed by atoms with E-state index in [4.69, 9.17) is 18.8 Å². The third kappa shape index (κ3) is 4.41. The number of fused-ring (bicyclic) bond motifs is 13. The highest BCUT2D eigenvalue weighted by Gasteiger charge is 2.26. The second-order valence-corrected chi connectivity index (χ2v) is 14.1. The molecule has 0 saturated heterocycles. The molecule has 5 heteroatoms. The van der Waals surface area contributed by atoms with Crippen LogP contribution in [0.5, 0.6) is 0 Å². The van der Waals surface area contributed by atoms with Gasteiger partial charge in [0.05, 0.1) is 5.52 Å². The molecule has 0 N–H and O–H groups in total. The summed E-state index contributed by atoms with van der Waals surface area (Å²) in [5.41, 5.74) is 11.8. The molecule has 8 aromatic carbocycles. The summed E-state index contributed by atoms with van der Waals surface area (Å²) in [5, 5.41) is 7.63. The topological polar surface area (TPSA) is 57.0 Å². The fourth-order valence-electron chi connectivity index (χ4n) is 8.57. The lowest BCUT2D eigenvalue weighted by Crippen LogP contribution is -2.03. The van der Waals surface area contributed by atoms with Crippen molar-refractivity contribution in [1.82, 2.24) is 14.5 Å². The molecule has 0 aliphatic heterocycles. The molecule has 0 aliphatic carbocycles. The average Bonchev–Trinajstić information content (AvgIpc) is 3.94. The van der Waals surface area contributed by atoms with Gasteiger partial charge >= 0.3 is 0 Å². The van der Waals surface area contributed by atoms with Gasteiger partial charge in [0.25, 0.3) is 0 Å². The maximum Gasteiger partial charge on any atom is 0.236 e. The Balaban J connectivity index is 1.25. The van der Waals surface area contributed by atoms with Crippen LogP contribution in [-0.2, 0) is 0 Å². The summed E-state index contributed by atoms with van der Waals surface area (Å²) in [6.45, 7) is 0. The van der Waals surface area contributed by atoms with Crippen LogP contribution in [-0.4, -0.2) is 14.5 Å². The van der Waals surface area contributed by atoms with E-state index in [0.717, 1.165) is 105 Å². The van der Waals surface area contributed by atoms with E-state index in [1.54, 1.807) is 0 Å². The Morgan fingerprint density at radius 1 is 0.382 bits per heavy atom. The third-order valence-electron chi connectivity index (χ3n) is 11.0. The molecule has 12 aromatic rings. The maximum atomic E-state index is 6.86. The molecule has 0 atom stereocenters. The SMILES string of the molecule is c1ccc(-c2cc(-c3ccccc3)cc(-c3nc(-n4c5ccccc5c5c6ccccc6c6c7ccccc7oc6c54)nc4c3oc3ccccc34)c2)cc1. The van der Waals surface area contributed by atoms with Gasteiger partial charge in [-0.2, -0.15) is 0 Å². The number of para-hydroxylation sites is 3. The van der Waals surface area contributed by atoms with E-state index in [9.17, 15) is 0 Å². The highest BCUT2D eigenvalue weighted by molar-refractivity contribution is 6.35. The van der Waals surface area contributed by atoms with Crippen molar-refractivity contribution in [2.24, 2.45) is 0 Å². The minimum Gasteiger partial charge on any atom is -0.454 e. The molecule has 55 heavy (non-hydrogen) atoms. The predicted molar refractivity (Wildman–Crippen MR) is 225 cm³/mol. The number of aromatic nitrogens is 3. The summed E-state index contributed by atoms with van der Waals surface area (Å²) in [5.74, 6) is 0.545. The third-order valence-corrected chi connectivity index (χ3v) is 11.0. The Morgan fingerprint density at radius 2 is 0.891 bits per heavy atom. The van der Waals surface area contributed by atoms with Gasteiger partial charge in [0.15, 0.2) is 11.2 Å². The first-order valence-corrected chi connectivity index (χ1v) is 18.5. The van der Waals surface area contributed by atoms with Crippen LogP contribution < -0.4 is 0 Å². The smallest absolute Gasteiger partial charge is 0.236 e. The van der Waals surface area contributed by atoms with E-state index in [1.807, 2.05) is 42.5 Å². The molecule has 0 amide bonds. The van der Waals surface area contributed by atoms with E-state index >= 15 is 0 Å². The normalized spacial score (nSPS) is 12.0. The molecule has 0 radical (unpaired) electrons. The molecule has 0 aliphatic rings. The van der Waals surface area contributed by atoms with Crippen LogP contribution >= 0.6 is 0 Å². The minimum absolute atomic E-state index is 0.545. The van der Waals surface area contributed by atoms with Crippen LogP contribution in [0.3, 0.4) is 0 Å². The van der Waals surface area contributed by atoms with Crippen LogP contribution in [0.2, 0.25) is 0 Å². The number of furan rings is 2. The predicted octanol–water partition coefficient (Wildman–Crippen LogP) is 13.5. The van der Waals surface area contributed by atoms with Crippen molar-refractivity contribution in [2.75, 3.05) is 0 Å². The zero-order valence-corrected chi connectivity index (χ0v) is 29.4. The van der Waals surface area contributed by atoms with Crippen LogP contribution in [0, 0.1) is 0 Å². The van der Waals surface area contributed by atoms with Gasteiger partial charge in [-0.3, -0.25) is 4.57 Å². The zero-order valence-electron chi connectivity index (χ0n) is 29.4. The summed E-state index contributed by atoms with van der Waals surface area (Å²) < 4.78 is 15.7. The van der Waals surface area contributed by atoms with Gasteiger partial charge in [0.1, 0.15) is 27.9 Å². The molecule has 256 valence electrons. The highest BCUT2D eigenvalue weighted by Crippen LogP contribution is 2.46. The Bertz CT molecular complexity index is 3430. The van der Waals surface area contributed by atoms with Crippen molar-refractivity contribution in [3.05, 3.63) is 176 Å². The number of nitrogens with zero attached hydrogens (tertiary/aromatic N) is 3. The monoisotopic (exact) mass is 703 g/mol. The maximum absolute atomic E-state index is 6.86. The van der Waals surface area contributed by atoms with Gasteiger partial charge in [-0.05, 0) is 75.5 Å². The second-order valence-electron chi connectivity index (χ2n) is 14.1. The van der Waals surface area contributed by atoms with Crippen molar-refractivity contribution in [1.29, 1.82) is 0 Å². The van der Waals surface area contributed by atoms with E-state index in [2.05, 4.69) is 138 Å². The number of benzene rings is 8. The Kier molecular flexibility index (Phi) is 6.27. The van der Waals surface area contributed by atoms with Gasteiger partial charge in [-0.15, -0.1) is 0 Å². The van der Waals surface area contributed by atoms with Crippen molar-refractivity contribution in [2.45, 2.75) is 0 Å². The minimum atomic E-state index is 0.545. The van der Waals surface area contributed by atoms with E-state index in [1.165, 1.54) is 0 Å². The Morgan fingerprint density at radius 3 is 1.58 bits per heavy atom. The first-order valence-electron chi connectivity index (χ1n) is 18.5. The van der Waals surface area contributed by atoms with E-state index < -0.39 is 0 Å². The molecule has 0 spiro atoms. The first kappa shape index (κ1) is 30.0. The fourth-order valence-corrected chi connectivity index (χ4v) is 8.57. The van der Waals surface area contributed by atoms with Crippen molar-refractivity contribution in [3.63, 3.8) is 0 Å². The van der Waals surface area contributed by atoms with Crippen molar-refractivity contribution < 1.29 is 8.83 Å². The van der Waals surface area contributed by atoms with E-state index in [-0.39, 0.29) is 0 Å².